The number of benzene rings is 2. The lowest BCUT2D eigenvalue weighted by molar-refractivity contribution is -0.137. The van der Waals surface area contributed by atoms with E-state index in [-0.39, 0.29) is 0 Å². The van der Waals surface area contributed by atoms with Gasteiger partial charge in [-0.25, -0.2) is 14.5 Å². The van der Waals surface area contributed by atoms with Gasteiger partial charge in [-0.3, -0.25) is 20.2 Å². The predicted octanol–water partition coefficient (Wildman–Crippen LogP) is 4.09. The maximum Gasteiger partial charge on any atom is 0.328 e. The highest BCUT2D eigenvalue weighted by Crippen LogP contribution is 2.36. The highest BCUT2D eigenvalue weighted by atomic mass is 35.5. The molecule has 2 fully saturated rings. The molecular weight excluding hydrogens is 508 g/mol. The highest BCUT2D eigenvalue weighted by Gasteiger charge is 2.57. The predicted molar refractivity (Wildman–Crippen MR) is 139 cm³/mol. The van der Waals surface area contributed by atoms with Crippen molar-refractivity contribution >= 4 is 35.1 Å². The first-order chi connectivity index (χ1) is 18.4. The van der Waals surface area contributed by atoms with Crippen molar-refractivity contribution in [3.05, 3.63) is 84.1 Å². The Morgan fingerprint density at radius 2 is 1.58 bits per heavy atom. The molecule has 2 aromatic carbocycles. The van der Waals surface area contributed by atoms with Crippen LogP contribution in [-0.2, 0) is 9.59 Å². The molecule has 4 amide bonds. The molecule has 2 saturated heterocycles. The minimum Gasteiger partial charge on any atom is -0.439 e. The SMILES string of the molecule is O=C1NC(=O)C2(CCCN2c2ccc(Oc3ccc(-c4ccn(-c5ccc(Cl)cc5)n4)cc3)nc2)C(=O)N1. The number of rotatable bonds is 5. The molecule has 4 heterocycles. The number of aromatic nitrogens is 3. The Hall–Kier alpha value is -4.70. The fourth-order valence-corrected chi connectivity index (χ4v) is 4.94. The second-order valence-corrected chi connectivity index (χ2v) is 9.39. The van der Waals surface area contributed by atoms with Crippen molar-refractivity contribution in [2.24, 2.45) is 0 Å². The minimum absolute atomic E-state index is 0.306. The Morgan fingerprint density at radius 3 is 2.26 bits per heavy atom. The van der Waals surface area contributed by atoms with Gasteiger partial charge in [-0.05, 0) is 73.5 Å². The second kappa shape index (κ2) is 9.31. The molecule has 2 aliphatic rings. The molecule has 10 nitrogen and oxygen atoms in total. The van der Waals surface area contributed by atoms with E-state index in [1.165, 1.54) is 0 Å². The highest BCUT2D eigenvalue weighted by molar-refractivity contribution is 6.30. The number of carbonyl (C=O) groups is 3. The van der Waals surface area contributed by atoms with Gasteiger partial charge in [0, 0.05) is 29.4 Å². The van der Waals surface area contributed by atoms with Crippen LogP contribution in [0.4, 0.5) is 10.5 Å². The third-order valence-corrected chi connectivity index (χ3v) is 6.92. The summed E-state index contributed by atoms with van der Waals surface area (Å²) in [5.41, 5.74) is 1.77. The van der Waals surface area contributed by atoms with E-state index >= 15 is 0 Å². The third-order valence-electron chi connectivity index (χ3n) is 6.67. The zero-order valence-corrected chi connectivity index (χ0v) is 20.7. The van der Waals surface area contributed by atoms with Gasteiger partial charge in [0.1, 0.15) is 5.75 Å². The Bertz CT molecular complexity index is 1510. The number of carbonyl (C=O) groups excluding carboxylic acids is 3. The number of anilines is 1. The standard InChI is InChI=1S/C27H21ClN6O4/c28-18-4-6-19(7-5-18)34-15-12-22(32-34)17-2-9-21(10-3-17)38-23-11-8-20(16-29-23)33-14-1-13-27(33)24(35)30-26(37)31-25(27)36/h2-12,15-16H,1,13-14H2,(H2,30,31,35,36,37). The van der Waals surface area contributed by atoms with Crippen molar-refractivity contribution < 1.29 is 19.1 Å². The van der Waals surface area contributed by atoms with Crippen LogP contribution in [0.1, 0.15) is 12.8 Å². The number of amides is 4. The Labute approximate surface area is 222 Å². The van der Waals surface area contributed by atoms with Gasteiger partial charge in [0.2, 0.25) is 5.88 Å². The van der Waals surface area contributed by atoms with E-state index in [1.54, 1.807) is 27.9 Å². The summed E-state index contributed by atoms with van der Waals surface area (Å²) >= 11 is 5.97. The maximum atomic E-state index is 12.7. The van der Waals surface area contributed by atoms with Crippen molar-refractivity contribution in [2.75, 3.05) is 11.4 Å². The molecule has 38 heavy (non-hydrogen) atoms. The summed E-state index contributed by atoms with van der Waals surface area (Å²) in [7, 11) is 0. The number of halogens is 1. The monoisotopic (exact) mass is 528 g/mol. The van der Waals surface area contributed by atoms with Crippen LogP contribution in [0.25, 0.3) is 16.9 Å². The van der Waals surface area contributed by atoms with Crippen LogP contribution in [0, 0.1) is 0 Å². The summed E-state index contributed by atoms with van der Waals surface area (Å²) in [6, 6.07) is 19.5. The third kappa shape index (κ3) is 4.14. The topological polar surface area (TPSA) is 118 Å². The van der Waals surface area contributed by atoms with Crippen molar-refractivity contribution in [1.29, 1.82) is 0 Å². The lowest BCUT2D eigenvalue weighted by Gasteiger charge is -2.38. The number of hydrogen-bond acceptors (Lipinski definition) is 7. The molecule has 190 valence electrons. The summed E-state index contributed by atoms with van der Waals surface area (Å²) in [5.74, 6) is -0.299. The fourth-order valence-electron chi connectivity index (χ4n) is 4.81. The van der Waals surface area contributed by atoms with Gasteiger partial charge in [0.25, 0.3) is 11.8 Å². The second-order valence-electron chi connectivity index (χ2n) is 8.96. The number of hydrogen-bond donors (Lipinski definition) is 2. The summed E-state index contributed by atoms with van der Waals surface area (Å²) in [4.78, 5) is 42.9. The van der Waals surface area contributed by atoms with E-state index in [1.807, 2.05) is 60.8 Å². The molecule has 0 bridgehead atoms. The summed E-state index contributed by atoms with van der Waals surface area (Å²) in [5, 5.41) is 9.72. The molecule has 0 atom stereocenters. The molecule has 0 saturated carbocycles. The average Bonchev–Trinajstić information content (AvgIpc) is 3.58. The summed E-state index contributed by atoms with van der Waals surface area (Å²) in [6.07, 6.45) is 4.37. The molecule has 4 aromatic rings. The lowest BCUT2D eigenvalue weighted by atomic mass is 9.92. The molecule has 0 unspecified atom stereocenters. The Kier molecular flexibility index (Phi) is 5.80. The number of nitrogens with zero attached hydrogens (tertiary/aromatic N) is 4. The molecule has 2 N–H and O–H groups in total. The maximum absolute atomic E-state index is 12.7. The molecule has 1 spiro atoms. The molecule has 0 radical (unpaired) electrons. The lowest BCUT2D eigenvalue weighted by Crippen LogP contribution is -2.71. The zero-order valence-electron chi connectivity index (χ0n) is 19.9. The van der Waals surface area contributed by atoms with Crippen LogP contribution in [0.15, 0.2) is 79.1 Å². The van der Waals surface area contributed by atoms with E-state index in [0.717, 1.165) is 16.9 Å². The quantitative estimate of drug-likeness (QED) is 0.375. The van der Waals surface area contributed by atoms with Crippen LogP contribution in [-0.4, -0.2) is 44.7 Å². The van der Waals surface area contributed by atoms with E-state index in [9.17, 15) is 14.4 Å². The van der Waals surface area contributed by atoms with Crippen LogP contribution < -0.4 is 20.3 Å². The smallest absolute Gasteiger partial charge is 0.328 e. The molecule has 2 aliphatic heterocycles. The Morgan fingerprint density at radius 1 is 0.868 bits per heavy atom. The van der Waals surface area contributed by atoms with Gasteiger partial charge in [-0.1, -0.05) is 11.6 Å². The van der Waals surface area contributed by atoms with Crippen LogP contribution >= 0.6 is 11.6 Å². The molecule has 6 rings (SSSR count). The zero-order chi connectivity index (χ0) is 26.3. The first-order valence-electron chi connectivity index (χ1n) is 11.9. The molecule has 0 aliphatic carbocycles. The first kappa shape index (κ1) is 23.7. The number of barbiturate groups is 1. The van der Waals surface area contributed by atoms with Crippen molar-refractivity contribution in [3.8, 4) is 28.6 Å². The van der Waals surface area contributed by atoms with Crippen LogP contribution in [0.5, 0.6) is 11.6 Å². The first-order valence-corrected chi connectivity index (χ1v) is 12.3. The normalized spacial score (nSPS) is 16.4. The van der Waals surface area contributed by atoms with Gasteiger partial charge in [-0.15, -0.1) is 0 Å². The van der Waals surface area contributed by atoms with E-state index in [0.29, 0.717) is 41.7 Å². The summed E-state index contributed by atoms with van der Waals surface area (Å²) < 4.78 is 7.68. The Balaban J connectivity index is 1.15. The number of imide groups is 2. The molecule has 11 heteroatoms. The van der Waals surface area contributed by atoms with E-state index in [4.69, 9.17) is 16.3 Å². The number of ether oxygens (including phenoxy) is 1. The van der Waals surface area contributed by atoms with Crippen molar-refractivity contribution in [1.82, 2.24) is 25.4 Å². The largest absolute Gasteiger partial charge is 0.439 e. The van der Waals surface area contributed by atoms with Crippen LogP contribution in [0.2, 0.25) is 5.02 Å². The van der Waals surface area contributed by atoms with Gasteiger partial charge in [0.05, 0.1) is 23.3 Å². The van der Waals surface area contributed by atoms with Crippen molar-refractivity contribution in [3.63, 3.8) is 0 Å². The van der Waals surface area contributed by atoms with Gasteiger partial charge < -0.3 is 9.64 Å². The average molecular weight is 529 g/mol. The van der Waals surface area contributed by atoms with E-state index < -0.39 is 23.4 Å². The summed E-state index contributed by atoms with van der Waals surface area (Å²) in [6.45, 7) is 0.478. The molecule has 2 aromatic heterocycles. The number of nitrogens with one attached hydrogen (secondary N) is 2. The van der Waals surface area contributed by atoms with Crippen LogP contribution in [0.3, 0.4) is 0 Å². The number of pyridine rings is 1. The van der Waals surface area contributed by atoms with E-state index in [2.05, 4.69) is 20.7 Å². The van der Waals surface area contributed by atoms with Crippen molar-refractivity contribution in [2.45, 2.75) is 18.4 Å². The minimum atomic E-state index is -1.46. The van der Waals surface area contributed by atoms with Gasteiger partial charge >= 0.3 is 6.03 Å². The number of urea groups is 1. The fraction of sp³-hybridized carbons (Fsp3) is 0.148. The van der Waals surface area contributed by atoms with Gasteiger partial charge in [-0.2, -0.15) is 5.10 Å². The van der Waals surface area contributed by atoms with Gasteiger partial charge in [0.15, 0.2) is 5.54 Å². The molecular formula is C27H21ClN6O4.